The van der Waals surface area contributed by atoms with Crippen molar-refractivity contribution in [1.82, 2.24) is 0 Å². The van der Waals surface area contributed by atoms with E-state index in [-0.39, 0.29) is 6.10 Å². The van der Waals surface area contributed by atoms with Gasteiger partial charge < -0.3 is 14.3 Å². The molecule has 0 spiro atoms. The highest BCUT2D eigenvalue weighted by Gasteiger charge is 2.45. The molecule has 0 amide bonds. The van der Waals surface area contributed by atoms with E-state index in [0.717, 1.165) is 12.8 Å². The minimum absolute atomic E-state index is 0.308. The number of hydrogen-bond donors (Lipinski definition) is 1. The van der Waals surface area contributed by atoms with Crippen LogP contribution in [0.3, 0.4) is 0 Å². The van der Waals surface area contributed by atoms with Gasteiger partial charge in [0.1, 0.15) is 0 Å². The van der Waals surface area contributed by atoms with Crippen LogP contribution in [0.2, 0.25) is 19.6 Å². The predicted octanol–water partition coefficient (Wildman–Crippen LogP) is 2.92. The molecule has 104 valence electrons. The first-order valence-electron chi connectivity index (χ1n) is 6.12. The average Bonchev–Trinajstić information content (AvgIpc) is 2.33. The van der Waals surface area contributed by atoms with Gasteiger partial charge in [-0.15, -0.1) is 0 Å². The van der Waals surface area contributed by atoms with Crippen molar-refractivity contribution in [1.29, 1.82) is 0 Å². The Kier molecular flexibility index (Phi) is 4.80. The van der Waals surface area contributed by atoms with Crippen molar-refractivity contribution >= 4 is 30.2 Å². The molecular formula is C12H21BrO4Si. The largest absolute Gasteiger partial charge is 0.425 e. The lowest BCUT2D eigenvalue weighted by Gasteiger charge is -2.26. The maximum atomic E-state index is 11.9. The second-order valence-electron chi connectivity index (χ2n) is 5.61. The van der Waals surface area contributed by atoms with Crippen LogP contribution in [0.25, 0.3) is 0 Å². The zero-order valence-electron chi connectivity index (χ0n) is 11.5. The Morgan fingerprint density at radius 1 is 1.50 bits per heavy atom. The molecule has 0 aromatic carbocycles. The number of carbonyl (C=O) groups excluding carboxylic acids is 1. The lowest BCUT2D eigenvalue weighted by atomic mass is 10.1. The number of aliphatic hydroxyl groups is 1. The average molecular weight is 337 g/mol. The topological polar surface area (TPSA) is 55.8 Å². The molecule has 0 saturated heterocycles. The summed E-state index contributed by atoms with van der Waals surface area (Å²) in [6.07, 6.45) is 1.33. The summed E-state index contributed by atoms with van der Waals surface area (Å²) in [4.78, 5) is 11.9. The van der Waals surface area contributed by atoms with Crippen molar-refractivity contribution in [3.8, 4) is 0 Å². The van der Waals surface area contributed by atoms with Crippen molar-refractivity contribution in [2.45, 2.75) is 58.2 Å². The molecule has 2 atom stereocenters. The van der Waals surface area contributed by atoms with Gasteiger partial charge in [0.2, 0.25) is 5.79 Å². The Bertz CT molecular complexity index is 371. The highest BCUT2D eigenvalue weighted by Crippen LogP contribution is 2.38. The van der Waals surface area contributed by atoms with E-state index in [1.165, 1.54) is 6.92 Å². The first kappa shape index (κ1) is 15.9. The van der Waals surface area contributed by atoms with Crippen LogP contribution >= 0.6 is 15.9 Å². The lowest BCUT2D eigenvalue weighted by molar-refractivity contribution is -0.173. The van der Waals surface area contributed by atoms with E-state index >= 15 is 0 Å². The monoisotopic (exact) mass is 336 g/mol. The van der Waals surface area contributed by atoms with Crippen LogP contribution in [0.15, 0.2) is 10.1 Å². The normalized spacial score (nSPS) is 26.5. The van der Waals surface area contributed by atoms with Gasteiger partial charge in [-0.3, -0.25) is 0 Å². The first-order chi connectivity index (χ1) is 8.08. The Hall–Kier alpha value is -0.173. The van der Waals surface area contributed by atoms with Gasteiger partial charge in [-0.25, -0.2) is 4.79 Å². The molecule has 0 saturated carbocycles. The number of hydrogen-bond acceptors (Lipinski definition) is 4. The van der Waals surface area contributed by atoms with Gasteiger partial charge in [-0.2, -0.15) is 0 Å². The number of rotatable bonds is 5. The summed E-state index contributed by atoms with van der Waals surface area (Å²) in [5, 5.41) is 9.93. The van der Waals surface area contributed by atoms with Crippen LogP contribution in [0.1, 0.15) is 26.7 Å². The van der Waals surface area contributed by atoms with Crippen LogP contribution in [0.4, 0.5) is 0 Å². The van der Waals surface area contributed by atoms with Crippen LogP contribution in [-0.2, 0) is 14.0 Å². The van der Waals surface area contributed by atoms with Gasteiger partial charge in [-0.05, 0) is 42.0 Å². The maximum absolute atomic E-state index is 11.9. The first-order valence-corrected chi connectivity index (χ1v) is 10.3. The highest BCUT2D eigenvalue weighted by molar-refractivity contribution is 9.11. The molecule has 4 nitrogen and oxygen atoms in total. The summed E-state index contributed by atoms with van der Waals surface area (Å²) >= 11 is 3.26. The SMILES string of the molecule is CCCC(O[Si](C)(C)C)C1=C(Br)C(C)(O)OC1=O. The van der Waals surface area contributed by atoms with Crippen LogP contribution in [0, 0.1) is 0 Å². The minimum Gasteiger partial charge on any atom is -0.425 e. The van der Waals surface area contributed by atoms with Crippen LogP contribution in [-0.4, -0.2) is 31.3 Å². The van der Waals surface area contributed by atoms with E-state index < -0.39 is 20.1 Å². The van der Waals surface area contributed by atoms with Crippen molar-refractivity contribution < 1.29 is 19.1 Å². The van der Waals surface area contributed by atoms with Gasteiger partial charge in [0.15, 0.2) is 8.32 Å². The van der Waals surface area contributed by atoms with Gasteiger partial charge >= 0.3 is 5.97 Å². The fourth-order valence-electron chi connectivity index (χ4n) is 1.84. The third-order valence-corrected chi connectivity index (χ3v) is 4.68. The third-order valence-electron chi connectivity index (χ3n) is 2.52. The smallest absolute Gasteiger partial charge is 0.340 e. The third kappa shape index (κ3) is 3.66. The second kappa shape index (κ2) is 5.44. The van der Waals surface area contributed by atoms with Crippen molar-refractivity contribution in [3.63, 3.8) is 0 Å². The summed E-state index contributed by atoms with van der Waals surface area (Å²) in [5.74, 6) is -2.06. The molecule has 0 radical (unpaired) electrons. The summed E-state index contributed by atoms with van der Waals surface area (Å²) in [7, 11) is -1.78. The van der Waals surface area contributed by atoms with Gasteiger partial charge in [-0.1, -0.05) is 13.3 Å². The molecule has 0 aliphatic carbocycles. The molecule has 1 heterocycles. The maximum Gasteiger partial charge on any atom is 0.340 e. The molecule has 1 aliphatic rings. The summed E-state index contributed by atoms with van der Waals surface area (Å²) in [5.41, 5.74) is 0.421. The zero-order valence-corrected chi connectivity index (χ0v) is 14.1. The summed E-state index contributed by atoms with van der Waals surface area (Å²) < 4.78 is 11.4. The van der Waals surface area contributed by atoms with E-state index in [0.29, 0.717) is 10.1 Å². The van der Waals surface area contributed by atoms with E-state index in [1.54, 1.807) is 0 Å². The molecule has 1 rings (SSSR count). The molecule has 1 aliphatic heterocycles. The van der Waals surface area contributed by atoms with Crippen molar-refractivity contribution in [3.05, 3.63) is 10.1 Å². The van der Waals surface area contributed by atoms with E-state index in [4.69, 9.17) is 9.16 Å². The van der Waals surface area contributed by atoms with Crippen LogP contribution in [0.5, 0.6) is 0 Å². The fourth-order valence-corrected chi connectivity index (χ4v) is 3.43. The quantitative estimate of drug-likeness (QED) is 0.619. The summed E-state index contributed by atoms with van der Waals surface area (Å²) in [6, 6.07) is 0. The molecule has 0 aromatic rings. The summed E-state index contributed by atoms with van der Waals surface area (Å²) in [6.45, 7) is 9.70. The van der Waals surface area contributed by atoms with Crippen molar-refractivity contribution in [2.24, 2.45) is 0 Å². The van der Waals surface area contributed by atoms with E-state index in [9.17, 15) is 9.90 Å². The van der Waals surface area contributed by atoms with E-state index in [2.05, 4.69) is 35.6 Å². The molecule has 18 heavy (non-hydrogen) atoms. The zero-order chi connectivity index (χ0) is 14.1. The Morgan fingerprint density at radius 2 is 2.06 bits per heavy atom. The highest BCUT2D eigenvalue weighted by atomic mass is 79.9. The van der Waals surface area contributed by atoms with Crippen LogP contribution < -0.4 is 0 Å². The standard InChI is InChI=1S/C12H21BrO4Si/c1-6-7-8(17-18(3,4)5)9-10(13)12(2,15)16-11(9)14/h8,15H,6-7H2,1-5H3. The molecule has 0 aromatic heterocycles. The number of ether oxygens (including phenoxy) is 1. The van der Waals surface area contributed by atoms with Gasteiger partial charge in [0, 0.05) is 6.92 Å². The predicted molar refractivity (Wildman–Crippen MR) is 75.8 cm³/mol. The molecule has 0 bridgehead atoms. The molecule has 6 heteroatoms. The number of halogens is 1. The minimum atomic E-state index is -1.78. The molecule has 1 N–H and O–H groups in total. The van der Waals surface area contributed by atoms with Gasteiger partial charge in [0.25, 0.3) is 0 Å². The van der Waals surface area contributed by atoms with Gasteiger partial charge in [0.05, 0.1) is 16.2 Å². The second-order valence-corrected chi connectivity index (χ2v) is 10.9. The number of carbonyl (C=O) groups is 1. The molecular weight excluding hydrogens is 316 g/mol. The lowest BCUT2D eigenvalue weighted by Crippen LogP contribution is -2.34. The number of cyclic esters (lactones) is 1. The number of esters is 1. The molecule has 2 unspecified atom stereocenters. The van der Waals surface area contributed by atoms with Crippen molar-refractivity contribution in [2.75, 3.05) is 0 Å². The Labute approximate surface area is 118 Å². The van der Waals surface area contributed by atoms with E-state index in [1.807, 2.05) is 6.92 Å². The molecule has 0 fully saturated rings. The Balaban J connectivity index is 3.06. The Morgan fingerprint density at radius 3 is 2.39 bits per heavy atom. The fraction of sp³-hybridized carbons (Fsp3) is 0.750.